The average Bonchev–Trinajstić information content (AvgIpc) is 3.14. The highest BCUT2D eigenvalue weighted by Crippen LogP contribution is 2.37. The fourth-order valence-electron chi connectivity index (χ4n) is 5.77. The van der Waals surface area contributed by atoms with Crippen molar-refractivity contribution < 1.29 is 23.8 Å². The SMILES string of the molecule is CN(C)C(=O)c1ccc(-c2ccc(N3CCCC(OC(=O)N4C5CCC4CC(O)C5)C3)c(F)c2)cn1. The van der Waals surface area contributed by atoms with Crippen molar-refractivity contribution in [1.82, 2.24) is 14.8 Å². The van der Waals surface area contributed by atoms with Crippen molar-refractivity contribution in [3.63, 3.8) is 0 Å². The van der Waals surface area contributed by atoms with E-state index in [9.17, 15) is 14.7 Å². The van der Waals surface area contributed by atoms with Crippen LogP contribution in [0.3, 0.4) is 0 Å². The number of anilines is 1. The molecule has 1 aromatic carbocycles. The highest BCUT2D eigenvalue weighted by molar-refractivity contribution is 5.92. The molecule has 0 radical (unpaired) electrons. The van der Waals surface area contributed by atoms with Crippen LogP contribution in [0, 0.1) is 5.82 Å². The van der Waals surface area contributed by atoms with Crippen LogP contribution in [-0.4, -0.2) is 83.4 Å². The zero-order chi connectivity index (χ0) is 25.4. The van der Waals surface area contributed by atoms with Gasteiger partial charge in [-0.2, -0.15) is 0 Å². The minimum Gasteiger partial charge on any atom is -0.444 e. The zero-order valence-corrected chi connectivity index (χ0v) is 20.8. The summed E-state index contributed by atoms with van der Waals surface area (Å²) in [6, 6.07) is 8.59. The van der Waals surface area contributed by atoms with Gasteiger partial charge in [-0.05, 0) is 62.3 Å². The van der Waals surface area contributed by atoms with Crippen LogP contribution in [0.25, 0.3) is 11.1 Å². The third-order valence-corrected chi connectivity index (χ3v) is 7.58. The van der Waals surface area contributed by atoms with E-state index in [4.69, 9.17) is 4.74 Å². The molecule has 5 rings (SSSR count). The number of halogens is 1. The molecule has 4 heterocycles. The van der Waals surface area contributed by atoms with Crippen LogP contribution in [0.4, 0.5) is 14.9 Å². The Morgan fingerprint density at radius 3 is 2.44 bits per heavy atom. The van der Waals surface area contributed by atoms with E-state index >= 15 is 4.39 Å². The lowest BCUT2D eigenvalue weighted by Gasteiger charge is -2.39. The van der Waals surface area contributed by atoms with E-state index in [0.717, 1.165) is 31.2 Å². The Hall–Kier alpha value is -3.20. The fraction of sp³-hybridized carbons (Fsp3) is 0.519. The summed E-state index contributed by atoms with van der Waals surface area (Å²) in [5.74, 6) is -0.537. The molecule has 1 N–H and O–H groups in total. The summed E-state index contributed by atoms with van der Waals surface area (Å²) in [7, 11) is 3.34. The quantitative estimate of drug-likeness (QED) is 0.695. The van der Waals surface area contributed by atoms with Gasteiger partial charge in [0.1, 0.15) is 17.6 Å². The monoisotopic (exact) mass is 496 g/mol. The van der Waals surface area contributed by atoms with Crippen LogP contribution in [-0.2, 0) is 4.74 Å². The predicted octanol–water partition coefficient (Wildman–Crippen LogP) is 3.68. The molecule has 8 nitrogen and oxygen atoms in total. The summed E-state index contributed by atoms with van der Waals surface area (Å²) in [5.41, 5.74) is 2.22. The van der Waals surface area contributed by atoms with E-state index < -0.39 is 0 Å². The number of aliphatic hydroxyl groups is 1. The topological polar surface area (TPSA) is 86.2 Å². The van der Waals surface area contributed by atoms with Gasteiger partial charge in [-0.15, -0.1) is 0 Å². The van der Waals surface area contributed by atoms with Crippen LogP contribution in [0.5, 0.6) is 0 Å². The molecule has 9 heteroatoms. The van der Waals surface area contributed by atoms with Gasteiger partial charge in [-0.1, -0.05) is 12.1 Å². The molecular weight excluding hydrogens is 463 g/mol. The number of piperidine rings is 2. The van der Waals surface area contributed by atoms with Gasteiger partial charge in [-0.25, -0.2) is 9.18 Å². The van der Waals surface area contributed by atoms with Crippen molar-refractivity contribution in [2.45, 2.75) is 62.8 Å². The first-order chi connectivity index (χ1) is 17.3. The van der Waals surface area contributed by atoms with Crippen molar-refractivity contribution in [3.05, 3.63) is 48.0 Å². The summed E-state index contributed by atoms with van der Waals surface area (Å²) in [6.45, 7) is 1.13. The first-order valence-electron chi connectivity index (χ1n) is 12.7. The molecule has 1 aromatic heterocycles. The Morgan fingerprint density at radius 2 is 1.81 bits per heavy atom. The lowest BCUT2D eigenvalue weighted by Crippen LogP contribution is -2.50. The second-order valence-corrected chi connectivity index (χ2v) is 10.3. The molecule has 0 aliphatic carbocycles. The molecule has 2 bridgehead atoms. The van der Waals surface area contributed by atoms with Crippen molar-refractivity contribution in [3.8, 4) is 11.1 Å². The molecule has 3 aliphatic heterocycles. The van der Waals surface area contributed by atoms with Gasteiger partial charge in [0.2, 0.25) is 0 Å². The predicted molar refractivity (Wildman–Crippen MR) is 133 cm³/mol. The molecule has 3 saturated heterocycles. The molecule has 2 aromatic rings. The van der Waals surface area contributed by atoms with E-state index in [1.165, 1.54) is 11.0 Å². The fourth-order valence-corrected chi connectivity index (χ4v) is 5.77. The third-order valence-electron chi connectivity index (χ3n) is 7.58. The Bertz CT molecular complexity index is 1110. The molecule has 3 unspecified atom stereocenters. The second-order valence-electron chi connectivity index (χ2n) is 10.3. The number of amides is 2. The number of hydrogen-bond donors (Lipinski definition) is 1. The molecule has 2 amide bonds. The van der Waals surface area contributed by atoms with E-state index in [1.807, 2.05) is 15.9 Å². The maximum atomic E-state index is 15.2. The summed E-state index contributed by atoms with van der Waals surface area (Å²) < 4.78 is 21.1. The molecule has 192 valence electrons. The second kappa shape index (κ2) is 10.0. The first-order valence-corrected chi connectivity index (χ1v) is 12.7. The number of nitrogens with zero attached hydrogens (tertiary/aromatic N) is 4. The lowest BCUT2D eigenvalue weighted by atomic mass is 10.0. The Balaban J connectivity index is 1.24. The van der Waals surface area contributed by atoms with Crippen LogP contribution < -0.4 is 4.90 Å². The lowest BCUT2D eigenvalue weighted by molar-refractivity contribution is 0.00639. The van der Waals surface area contributed by atoms with Crippen molar-refractivity contribution in [1.29, 1.82) is 0 Å². The molecule has 3 atom stereocenters. The average molecular weight is 497 g/mol. The number of pyridine rings is 1. The van der Waals surface area contributed by atoms with Crippen LogP contribution >= 0.6 is 0 Å². The third kappa shape index (κ3) is 4.89. The van der Waals surface area contributed by atoms with E-state index in [-0.39, 0.29) is 42.1 Å². The number of aromatic nitrogens is 1. The largest absolute Gasteiger partial charge is 0.444 e. The number of carbonyl (C=O) groups excluding carboxylic acids is 2. The Labute approximate surface area is 210 Å². The highest BCUT2D eigenvalue weighted by Gasteiger charge is 2.44. The van der Waals surface area contributed by atoms with E-state index in [2.05, 4.69) is 4.98 Å². The minimum atomic E-state index is -0.351. The standard InChI is InChI=1S/C27H33FN4O4/c1-30(2)26(34)24-9-5-18(15-29-24)17-6-10-25(23(28)12-17)31-11-3-4-22(16-31)36-27(35)32-19-7-8-20(32)14-21(33)13-19/h5-6,9-10,12,15,19-22,33H,3-4,7-8,11,13-14,16H2,1-2H3. The van der Waals surface area contributed by atoms with Gasteiger partial charge < -0.3 is 24.5 Å². The summed E-state index contributed by atoms with van der Waals surface area (Å²) in [5, 5.41) is 10.0. The van der Waals surface area contributed by atoms with E-state index in [0.29, 0.717) is 42.9 Å². The summed E-state index contributed by atoms with van der Waals surface area (Å²) >= 11 is 0. The molecule has 3 aliphatic rings. The molecule has 0 spiro atoms. The van der Waals surface area contributed by atoms with Crippen LogP contribution in [0.15, 0.2) is 36.5 Å². The number of hydrogen-bond acceptors (Lipinski definition) is 6. The number of benzene rings is 1. The van der Waals surface area contributed by atoms with Crippen LogP contribution in [0.1, 0.15) is 49.0 Å². The van der Waals surface area contributed by atoms with E-state index in [1.54, 1.807) is 38.5 Å². The number of fused-ring (bicyclic) bond motifs is 2. The molecular formula is C27H33FN4O4. The number of rotatable bonds is 4. The molecule has 36 heavy (non-hydrogen) atoms. The van der Waals surface area contributed by atoms with Gasteiger partial charge in [-0.3, -0.25) is 9.78 Å². The normalized spacial score (nSPS) is 25.6. The number of aliphatic hydroxyl groups excluding tert-OH is 1. The van der Waals surface area contributed by atoms with Crippen molar-refractivity contribution >= 4 is 17.7 Å². The maximum Gasteiger partial charge on any atom is 0.410 e. The van der Waals surface area contributed by atoms with Crippen LogP contribution in [0.2, 0.25) is 0 Å². The number of carbonyl (C=O) groups is 2. The smallest absolute Gasteiger partial charge is 0.410 e. The molecule has 0 saturated carbocycles. The first kappa shape index (κ1) is 24.5. The zero-order valence-electron chi connectivity index (χ0n) is 20.8. The highest BCUT2D eigenvalue weighted by atomic mass is 19.1. The van der Waals surface area contributed by atoms with Crippen molar-refractivity contribution in [2.24, 2.45) is 0 Å². The Kier molecular flexibility index (Phi) is 6.83. The number of ether oxygens (including phenoxy) is 1. The van der Waals surface area contributed by atoms with Gasteiger partial charge in [0.15, 0.2) is 0 Å². The van der Waals surface area contributed by atoms with Gasteiger partial charge >= 0.3 is 6.09 Å². The van der Waals surface area contributed by atoms with Gasteiger partial charge in [0.05, 0.1) is 18.3 Å². The summed E-state index contributed by atoms with van der Waals surface area (Å²) in [6.07, 6.45) is 5.24. The minimum absolute atomic E-state index is 0.0560. The maximum absolute atomic E-state index is 15.2. The summed E-state index contributed by atoms with van der Waals surface area (Å²) in [4.78, 5) is 34.4. The van der Waals surface area contributed by atoms with Crippen molar-refractivity contribution in [2.75, 3.05) is 32.1 Å². The Morgan fingerprint density at radius 1 is 1.08 bits per heavy atom. The van der Waals surface area contributed by atoms with Gasteiger partial charge in [0, 0.05) is 44.5 Å². The van der Waals surface area contributed by atoms with Gasteiger partial charge in [0.25, 0.3) is 5.91 Å². The molecule has 3 fully saturated rings.